The lowest BCUT2D eigenvalue weighted by atomic mass is 10.0. The Morgan fingerprint density at radius 2 is 2.44 bits per heavy atom. The first-order valence-corrected chi connectivity index (χ1v) is 6.57. The SMILES string of the molecule is COCC(C(C)C)n1cncc1C1CNCCO1. The lowest BCUT2D eigenvalue weighted by molar-refractivity contribution is 0.0194. The molecule has 0 saturated carbocycles. The molecule has 2 heterocycles. The molecule has 0 amide bonds. The molecule has 1 aliphatic rings. The summed E-state index contributed by atoms with van der Waals surface area (Å²) in [5.74, 6) is 0.495. The number of aromatic nitrogens is 2. The Morgan fingerprint density at radius 3 is 3.06 bits per heavy atom. The topological polar surface area (TPSA) is 48.3 Å². The quantitative estimate of drug-likeness (QED) is 0.861. The monoisotopic (exact) mass is 253 g/mol. The number of hydrogen-bond acceptors (Lipinski definition) is 4. The molecule has 1 saturated heterocycles. The summed E-state index contributed by atoms with van der Waals surface area (Å²) >= 11 is 0. The third kappa shape index (κ3) is 2.91. The van der Waals surface area contributed by atoms with Crippen molar-refractivity contribution in [1.29, 1.82) is 0 Å². The van der Waals surface area contributed by atoms with Gasteiger partial charge in [0.2, 0.25) is 0 Å². The Balaban J connectivity index is 2.19. The van der Waals surface area contributed by atoms with Crippen LogP contribution in [0.3, 0.4) is 0 Å². The van der Waals surface area contributed by atoms with Crippen LogP contribution in [0.4, 0.5) is 0 Å². The Bertz CT molecular complexity index is 359. The van der Waals surface area contributed by atoms with E-state index in [0.29, 0.717) is 18.6 Å². The summed E-state index contributed by atoms with van der Waals surface area (Å²) in [5.41, 5.74) is 1.14. The maximum atomic E-state index is 5.81. The molecule has 0 aromatic carbocycles. The number of methoxy groups -OCH3 is 1. The van der Waals surface area contributed by atoms with Crippen LogP contribution in [0, 0.1) is 5.92 Å². The smallest absolute Gasteiger partial charge is 0.111 e. The molecule has 0 aliphatic carbocycles. The fourth-order valence-corrected chi connectivity index (χ4v) is 2.36. The van der Waals surface area contributed by atoms with Crippen molar-refractivity contribution in [2.75, 3.05) is 33.4 Å². The van der Waals surface area contributed by atoms with Gasteiger partial charge >= 0.3 is 0 Å². The molecule has 18 heavy (non-hydrogen) atoms. The second-order valence-corrected chi connectivity index (χ2v) is 5.06. The van der Waals surface area contributed by atoms with Crippen LogP contribution in [0.15, 0.2) is 12.5 Å². The standard InChI is InChI=1S/C13H23N3O2/c1-10(2)12(8-17-3)16-9-15-6-11(16)13-7-14-4-5-18-13/h6,9-10,12-14H,4-5,7-8H2,1-3H3. The number of ether oxygens (including phenoxy) is 2. The first-order valence-electron chi connectivity index (χ1n) is 6.57. The van der Waals surface area contributed by atoms with Crippen LogP contribution in [0.2, 0.25) is 0 Å². The predicted octanol–water partition coefficient (Wildman–Crippen LogP) is 1.39. The second-order valence-electron chi connectivity index (χ2n) is 5.06. The fraction of sp³-hybridized carbons (Fsp3) is 0.769. The van der Waals surface area contributed by atoms with Crippen molar-refractivity contribution in [2.24, 2.45) is 5.92 Å². The zero-order valence-corrected chi connectivity index (χ0v) is 11.4. The van der Waals surface area contributed by atoms with E-state index in [1.165, 1.54) is 0 Å². The summed E-state index contributed by atoms with van der Waals surface area (Å²) < 4.78 is 13.3. The van der Waals surface area contributed by atoms with Crippen molar-refractivity contribution in [3.05, 3.63) is 18.2 Å². The molecular weight excluding hydrogens is 230 g/mol. The van der Waals surface area contributed by atoms with Gasteiger partial charge in [0.25, 0.3) is 0 Å². The number of nitrogens with one attached hydrogen (secondary N) is 1. The van der Waals surface area contributed by atoms with E-state index in [-0.39, 0.29) is 6.10 Å². The number of hydrogen-bond donors (Lipinski definition) is 1. The first-order chi connectivity index (χ1) is 8.74. The maximum Gasteiger partial charge on any atom is 0.111 e. The van der Waals surface area contributed by atoms with Gasteiger partial charge in [-0.25, -0.2) is 4.98 Å². The van der Waals surface area contributed by atoms with E-state index in [1.54, 1.807) is 7.11 Å². The van der Waals surface area contributed by atoms with Crippen molar-refractivity contribution in [3.63, 3.8) is 0 Å². The average Bonchev–Trinajstić information content (AvgIpc) is 2.85. The third-order valence-electron chi connectivity index (χ3n) is 3.42. The second kappa shape index (κ2) is 6.31. The number of imidazole rings is 1. The summed E-state index contributed by atoms with van der Waals surface area (Å²) in [7, 11) is 1.74. The Labute approximate surface area is 108 Å². The van der Waals surface area contributed by atoms with E-state index >= 15 is 0 Å². The van der Waals surface area contributed by atoms with E-state index < -0.39 is 0 Å². The van der Waals surface area contributed by atoms with Crippen LogP contribution in [-0.4, -0.2) is 43.0 Å². The number of rotatable bonds is 5. The molecule has 2 atom stereocenters. The molecule has 0 radical (unpaired) electrons. The minimum atomic E-state index is 0.0966. The van der Waals surface area contributed by atoms with E-state index in [4.69, 9.17) is 9.47 Å². The largest absolute Gasteiger partial charge is 0.383 e. The Morgan fingerprint density at radius 1 is 1.61 bits per heavy atom. The summed E-state index contributed by atoms with van der Waals surface area (Å²) in [5, 5.41) is 3.35. The Hall–Kier alpha value is -0.910. The Kier molecular flexibility index (Phi) is 4.74. The zero-order valence-electron chi connectivity index (χ0n) is 11.4. The molecule has 1 fully saturated rings. The molecule has 0 spiro atoms. The highest BCUT2D eigenvalue weighted by Crippen LogP contribution is 2.25. The van der Waals surface area contributed by atoms with Crippen molar-refractivity contribution in [3.8, 4) is 0 Å². The van der Waals surface area contributed by atoms with Crippen LogP contribution in [0.25, 0.3) is 0 Å². The molecule has 5 heteroatoms. The molecule has 102 valence electrons. The molecule has 0 bridgehead atoms. The van der Waals surface area contributed by atoms with Crippen LogP contribution in [0.1, 0.15) is 31.7 Å². The third-order valence-corrected chi connectivity index (χ3v) is 3.42. The fourth-order valence-electron chi connectivity index (χ4n) is 2.36. The van der Waals surface area contributed by atoms with Gasteiger partial charge in [0.05, 0.1) is 37.5 Å². The molecule has 1 aliphatic heterocycles. The molecule has 2 rings (SSSR count). The van der Waals surface area contributed by atoms with Crippen molar-refractivity contribution >= 4 is 0 Å². The summed E-state index contributed by atoms with van der Waals surface area (Å²) in [4.78, 5) is 4.28. The lowest BCUT2D eigenvalue weighted by Crippen LogP contribution is -2.35. The van der Waals surface area contributed by atoms with Gasteiger partial charge in [0, 0.05) is 20.2 Å². The van der Waals surface area contributed by atoms with Crippen molar-refractivity contribution < 1.29 is 9.47 Å². The summed E-state index contributed by atoms with van der Waals surface area (Å²) in [6, 6.07) is 0.304. The average molecular weight is 253 g/mol. The van der Waals surface area contributed by atoms with E-state index in [2.05, 4.69) is 28.7 Å². The lowest BCUT2D eigenvalue weighted by Gasteiger charge is -2.29. The molecule has 1 aromatic rings. The van der Waals surface area contributed by atoms with Gasteiger partial charge in [-0.2, -0.15) is 0 Å². The molecule has 1 N–H and O–H groups in total. The van der Waals surface area contributed by atoms with E-state index in [9.17, 15) is 0 Å². The van der Waals surface area contributed by atoms with Crippen LogP contribution in [0.5, 0.6) is 0 Å². The van der Waals surface area contributed by atoms with E-state index in [1.807, 2.05) is 12.5 Å². The van der Waals surface area contributed by atoms with Crippen LogP contribution < -0.4 is 5.32 Å². The van der Waals surface area contributed by atoms with Gasteiger partial charge in [-0.3, -0.25) is 0 Å². The predicted molar refractivity (Wildman–Crippen MR) is 69.5 cm³/mol. The number of nitrogens with zero attached hydrogens (tertiary/aromatic N) is 2. The normalized spacial score (nSPS) is 22.3. The van der Waals surface area contributed by atoms with Gasteiger partial charge in [-0.05, 0) is 5.92 Å². The number of morpholine rings is 1. The van der Waals surface area contributed by atoms with Crippen molar-refractivity contribution in [2.45, 2.75) is 26.0 Å². The molecular formula is C13H23N3O2. The summed E-state index contributed by atoms with van der Waals surface area (Å²) in [6.07, 6.45) is 3.89. The van der Waals surface area contributed by atoms with Crippen LogP contribution >= 0.6 is 0 Å². The highest BCUT2D eigenvalue weighted by Gasteiger charge is 2.24. The van der Waals surface area contributed by atoms with Crippen molar-refractivity contribution in [1.82, 2.24) is 14.9 Å². The molecule has 1 aromatic heterocycles. The van der Waals surface area contributed by atoms with E-state index in [0.717, 1.165) is 25.4 Å². The molecule has 2 unspecified atom stereocenters. The summed E-state index contributed by atoms with van der Waals surface area (Å²) in [6.45, 7) is 7.63. The molecule has 5 nitrogen and oxygen atoms in total. The van der Waals surface area contributed by atoms with Crippen LogP contribution in [-0.2, 0) is 9.47 Å². The van der Waals surface area contributed by atoms with Gasteiger partial charge in [-0.1, -0.05) is 13.8 Å². The zero-order chi connectivity index (χ0) is 13.0. The first kappa shape index (κ1) is 13.5. The van der Waals surface area contributed by atoms with Gasteiger partial charge < -0.3 is 19.4 Å². The van der Waals surface area contributed by atoms with Gasteiger partial charge in [0.15, 0.2) is 0 Å². The minimum absolute atomic E-state index is 0.0966. The van der Waals surface area contributed by atoms with Gasteiger partial charge in [-0.15, -0.1) is 0 Å². The highest BCUT2D eigenvalue weighted by atomic mass is 16.5. The highest BCUT2D eigenvalue weighted by molar-refractivity contribution is 5.07. The minimum Gasteiger partial charge on any atom is -0.383 e. The van der Waals surface area contributed by atoms with Gasteiger partial charge in [0.1, 0.15) is 6.10 Å². The maximum absolute atomic E-state index is 5.81.